The minimum absolute atomic E-state index is 0.0325. The summed E-state index contributed by atoms with van der Waals surface area (Å²) in [6, 6.07) is 24.5. The number of methoxy groups -OCH3 is 1. The second-order valence-corrected chi connectivity index (χ2v) is 11.9. The van der Waals surface area contributed by atoms with Crippen molar-refractivity contribution in [3.63, 3.8) is 0 Å². The number of rotatable bonds is 11. The quantitative estimate of drug-likeness (QED) is 0.187. The number of nitro benzene ring substituents is 1. The smallest absolute Gasteiger partial charge is 0.313 e. The van der Waals surface area contributed by atoms with Crippen molar-refractivity contribution in [2.24, 2.45) is 22.5 Å². The van der Waals surface area contributed by atoms with Crippen LogP contribution in [0.15, 0.2) is 84.9 Å². The maximum Gasteiger partial charge on any atom is 0.313 e. The Hall–Kier alpha value is -4.16. The second kappa shape index (κ2) is 12.4. The summed E-state index contributed by atoms with van der Waals surface area (Å²) in [5.41, 5.74) is 5.30. The standard InChI is InChI=1S/C33H38N4O7/c1-21-32(30(38)39,16-17-44-2)28(24-14-9-15-26(18-24)37(42)43)33(31(40)41,29(34)35-21)25-19-36(20-25)27(22-10-5-3-6-11-22)23-12-7-4-8-13-23/h3-15,18,21,25,27-29,35H,16-17,19-20,34H2,1-2H3,(H,38,39)(H,40,41). The number of aliphatic carboxylic acids is 2. The summed E-state index contributed by atoms with van der Waals surface area (Å²) >= 11 is 0. The van der Waals surface area contributed by atoms with Gasteiger partial charge < -0.3 is 20.7 Å². The average molecular weight is 603 g/mol. The van der Waals surface area contributed by atoms with Gasteiger partial charge in [-0.3, -0.25) is 29.9 Å². The average Bonchev–Trinajstić information content (AvgIpc) is 2.99. The molecule has 2 aliphatic heterocycles. The molecule has 2 heterocycles. The van der Waals surface area contributed by atoms with Crippen LogP contribution in [0.2, 0.25) is 0 Å². The van der Waals surface area contributed by atoms with E-state index in [0.29, 0.717) is 13.1 Å². The van der Waals surface area contributed by atoms with Crippen LogP contribution in [0, 0.1) is 26.9 Å². The van der Waals surface area contributed by atoms with Crippen molar-refractivity contribution in [1.29, 1.82) is 0 Å². The molecule has 3 aromatic carbocycles. The maximum atomic E-state index is 13.7. The van der Waals surface area contributed by atoms with Gasteiger partial charge in [0.25, 0.3) is 5.69 Å². The fourth-order valence-electron chi connectivity index (χ4n) is 7.68. The summed E-state index contributed by atoms with van der Waals surface area (Å²) in [5.74, 6) is -4.27. The highest BCUT2D eigenvalue weighted by atomic mass is 16.6. The number of nitrogens with zero attached hydrogens (tertiary/aromatic N) is 2. The van der Waals surface area contributed by atoms with Gasteiger partial charge in [-0.25, -0.2) is 0 Å². The Morgan fingerprint density at radius 2 is 1.61 bits per heavy atom. The Labute approximate surface area is 255 Å². The number of carboxylic acids is 2. The first kappa shape index (κ1) is 31.3. The topological polar surface area (TPSA) is 168 Å². The molecular formula is C33H38N4O7. The third-order valence-corrected chi connectivity index (χ3v) is 9.79. The van der Waals surface area contributed by atoms with Crippen LogP contribution >= 0.6 is 0 Å². The molecule has 11 heteroatoms. The largest absolute Gasteiger partial charge is 0.481 e. The van der Waals surface area contributed by atoms with Gasteiger partial charge >= 0.3 is 11.9 Å². The molecule has 44 heavy (non-hydrogen) atoms. The molecule has 2 saturated heterocycles. The number of hydrogen-bond acceptors (Lipinski definition) is 8. The van der Waals surface area contributed by atoms with E-state index < -0.39 is 51.7 Å². The molecule has 5 N–H and O–H groups in total. The van der Waals surface area contributed by atoms with Crippen molar-refractivity contribution >= 4 is 17.6 Å². The minimum atomic E-state index is -1.83. The number of carbonyl (C=O) groups is 2. The van der Waals surface area contributed by atoms with E-state index in [1.165, 1.54) is 25.3 Å². The van der Waals surface area contributed by atoms with Crippen LogP contribution in [0.3, 0.4) is 0 Å². The van der Waals surface area contributed by atoms with E-state index in [4.69, 9.17) is 10.5 Å². The number of nitrogens with two attached hydrogens (primary N) is 1. The molecule has 0 aliphatic carbocycles. The molecule has 5 rings (SSSR count). The number of nitrogens with one attached hydrogen (secondary N) is 1. The predicted molar refractivity (Wildman–Crippen MR) is 163 cm³/mol. The molecule has 11 nitrogen and oxygen atoms in total. The summed E-state index contributed by atoms with van der Waals surface area (Å²) in [5, 5.41) is 37.1. The molecule has 0 amide bonds. The molecule has 3 aromatic rings. The maximum absolute atomic E-state index is 13.7. The van der Waals surface area contributed by atoms with Gasteiger partial charge in [-0.1, -0.05) is 72.8 Å². The van der Waals surface area contributed by atoms with Crippen molar-refractivity contribution in [3.8, 4) is 0 Å². The normalized spacial score (nSPS) is 27.5. The third kappa shape index (κ3) is 5.05. The van der Waals surface area contributed by atoms with E-state index in [1.54, 1.807) is 13.0 Å². The van der Waals surface area contributed by atoms with E-state index in [-0.39, 0.29) is 30.3 Å². The van der Waals surface area contributed by atoms with E-state index in [9.17, 15) is 29.9 Å². The molecular weight excluding hydrogens is 564 g/mol. The highest BCUT2D eigenvalue weighted by Crippen LogP contribution is 2.61. The number of nitro groups is 1. The van der Waals surface area contributed by atoms with Crippen LogP contribution in [0.1, 0.15) is 42.0 Å². The summed E-state index contributed by atoms with van der Waals surface area (Å²) in [6.45, 7) is 2.34. The minimum Gasteiger partial charge on any atom is -0.481 e. The summed E-state index contributed by atoms with van der Waals surface area (Å²) in [7, 11) is 1.45. The van der Waals surface area contributed by atoms with E-state index in [0.717, 1.165) is 11.1 Å². The van der Waals surface area contributed by atoms with Crippen LogP contribution in [-0.2, 0) is 14.3 Å². The molecule has 0 aromatic heterocycles. The lowest BCUT2D eigenvalue weighted by molar-refractivity contribution is -0.385. The fraction of sp³-hybridized carbons (Fsp3) is 0.394. The Bertz CT molecular complexity index is 1460. The molecule has 0 radical (unpaired) electrons. The zero-order valence-corrected chi connectivity index (χ0v) is 24.7. The Morgan fingerprint density at radius 1 is 1.02 bits per heavy atom. The second-order valence-electron chi connectivity index (χ2n) is 11.9. The first-order valence-electron chi connectivity index (χ1n) is 14.6. The Kier molecular flexibility index (Phi) is 8.85. The molecule has 0 saturated carbocycles. The number of non-ortho nitro benzene ring substituents is 1. The highest BCUT2D eigenvalue weighted by molar-refractivity contribution is 5.84. The summed E-state index contributed by atoms with van der Waals surface area (Å²) in [4.78, 5) is 40.6. The molecule has 2 fully saturated rings. The first-order valence-corrected chi connectivity index (χ1v) is 14.6. The number of ether oxygens (including phenoxy) is 1. The van der Waals surface area contributed by atoms with Crippen LogP contribution in [-0.4, -0.2) is 71.0 Å². The van der Waals surface area contributed by atoms with Gasteiger partial charge in [0.15, 0.2) is 0 Å². The van der Waals surface area contributed by atoms with Crippen molar-refractivity contribution < 1.29 is 29.5 Å². The van der Waals surface area contributed by atoms with Gasteiger partial charge in [0.2, 0.25) is 0 Å². The van der Waals surface area contributed by atoms with Crippen LogP contribution < -0.4 is 11.1 Å². The van der Waals surface area contributed by atoms with Gasteiger partial charge in [-0.2, -0.15) is 0 Å². The number of benzene rings is 3. The third-order valence-electron chi connectivity index (χ3n) is 9.79. The summed E-state index contributed by atoms with van der Waals surface area (Å²) < 4.78 is 5.33. The zero-order valence-electron chi connectivity index (χ0n) is 24.7. The molecule has 0 bridgehead atoms. The van der Waals surface area contributed by atoms with Crippen LogP contribution in [0.4, 0.5) is 5.69 Å². The number of carboxylic acid groups (broad SMARTS) is 2. The molecule has 5 unspecified atom stereocenters. The lowest BCUT2D eigenvalue weighted by Gasteiger charge is -2.62. The van der Waals surface area contributed by atoms with Gasteiger partial charge in [-0.15, -0.1) is 0 Å². The Balaban J connectivity index is 1.66. The molecule has 0 spiro atoms. The Morgan fingerprint density at radius 3 is 2.11 bits per heavy atom. The SMILES string of the molecule is COCCC1(C(=O)O)C(C)NC(N)C(C(=O)O)(C2CN(C(c3ccccc3)c3ccccc3)C2)C1c1cccc([N+](=O)[O-])c1. The molecule has 2 aliphatic rings. The molecule has 5 atom stereocenters. The summed E-state index contributed by atoms with van der Waals surface area (Å²) in [6.07, 6.45) is -1.18. The number of piperidine rings is 1. The fourth-order valence-corrected chi connectivity index (χ4v) is 7.68. The van der Waals surface area contributed by atoms with Gasteiger partial charge in [0, 0.05) is 56.8 Å². The lowest BCUT2D eigenvalue weighted by atomic mass is 9.47. The number of likely N-dealkylation sites (tertiary alicyclic amines) is 1. The van der Waals surface area contributed by atoms with Crippen molar-refractivity contribution in [2.75, 3.05) is 26.8 Å². The van der Waals surface area contributed by atoms with E-state index >= 15 is 0 Å². The van der Waals surface area contributed by atoms with E-state index in [2.05, 4.69) is 10.2 Å². The zero-order chi connectivity index (χ0) is 31.6. The van der Waals surface area contributed by atoms with Crippen molar-refractivity contribution in [3.05, 3.63) is 112 Å². The van der Waals surface area contributed by atoms with Gasteiger partial charge in [-0.05, 0) is 30.0 Å². The van der Waals surface area contributed by atoms with Gasteiger partial charge in [0.1, 0.15) is 5.41 Å². The predicted octanol–water partition coefficient (Wildman–Crippen LogP) is 3.85. The monoisotopic (exact) mass is 602 g/mol. The molecule has 232 valence electrons. The lowest BCUT2D eigenvalue weighted by Crippen LogP contribution is -2.77. The van der Waals surface area contributed by atoms with Crippen molar-refractivity contribution in [1.82, 2.24) is 10.2 Å². The van der Waals surface area contributed by atoms with Crippen LogP contribution in [0.25, 0.3) is 0 Å². The van der Waals surface area contributed by atoms with Crippen molar-refractivity contribution in [2.45, 2.75) is 37.5 Å². The van der Waals surface area contributed by atoms with Gasteiger partial charge in [0.05, 0.1) is 22.5 Å². The van der Waals surface area contributed by atoms with Crippen LogP contribution in [0.5, 0.6) is 0 Å². The first-order chi connectivity index (χ1) is 21.1. The highest BCUT2D eigenvalue weighted by Gasteiger charge is 2.71. The van der Waals surface area contributed by atoms with E-state index in [1.807, 2.05) is 60.7 Å². The number of hydrogen-bond donors (Lipinski definition) is 4.